The van der Waals surface area contributed by atoms with Crippen LogP contribution in [-0.2, 0) is 23.4 Å². The summed E-state index contributed by atoms with van der Waals surface area (Å²) in [4.78, 5) is 28.8. The van der Waals surface area contributed by atoms with Crippen LogP contribution in [0.25, 0.3) is 11.4 Å². The topological polar surface area (TPSA) is 118 Å². The number of carbonyl (C=O) groups excluding carboxylic acids is 1. The molecule has 1 heterocycles. The molecule has 3 rings (SSSR count). The Morgan fingerprint density at radius 3 is 2.50 bits per heavy atom. The summed E-state index contributed by atoms with van der Waals surface area (Å²) in [5.41, 5.74) is -1.12. The SMILES string of the molecule is Cn1c(-c2ccc(F)cc2S(C)(=O)=O)nc(C(=O)NCc2ccc(Cl)c(Cl)c2)c(O)c1=O. The molecule has 2 N–H and O–H groups in total. The normalized spacial score (nSPS) is 11.4. The molecule has 0 aliphatic carbocycles. The third-order valence-electron chi connectivity index (χ3n) is 4.50. The van der Waals surface area contributed by atoms with E-state index in [2.05, 4.69) is 10.3 Å². The Bertz CT molecular complexity index is 1410. The number of benzene rings is 2. The second-order valence-corrected chi connectivity index (χ2v) is 9.64. The summed E-state index contributed by atoms with van der Waals surface area (Å²) in [5.74, 6) is -2.87. The Hall–Kier alpha value is -2.95. The molecule has 1 aromatic heterocycles. The third kappa shape index (κ3) is 4.77. The maximum atomic E-state index is 13.7. The van der Waals surface area contributed by atoms with E-state index >= 15 is 0 Å². The third-order valence-corrected chi connectivity index (χ3v) is 6.38. The molecule has 0 bridgehead atoms. The van der Waals surface area contributed by atoms with Crippen LogP contribution < -0.4 is 10.9 Å². The van der Waals surface area contributed by atoms with Crippen LogP contribution in [0.3, 0.4) is 0 Å². The highest BCUT2D eigenvalue weighted by molar-refractivity contribution is 7.90. The van der Waals surface area contributed by atoms with Gasteiger partial charge in [0, 0.05) is 25.4 Å². The lowest BCUT2D eigenvalue weighted by Gasteiger charge is -2.14. The van der Waals surface area contributed by atoms with Gasteiger partial charge >= 0.3 is 0 Å². The molecule has 0 saturated carbocycles. The second kappa shape index (κ2) is 8.89. The highest BCUT2D eigenvalue weighted by atomic mass is 35.5. The fourth-order valence-corrected chi connectivity index (χ4v) is 4.10. The smallest absolute Gasteiger partial charge is 0.296 e. The van der Waals surface area contributed by atoms with Crippen LogP contribution >= 0.6 is 23.2 Å². The number of sulfone groups is 1. The highest BCUT2D eigenvalue weighted by Gasteiger charge is 2.24. The first-order valence-electron chi connectivity index (χ1n) is 8.92. The van der Waals surface area contributed by atoms with Gasteiger partial charge in [0.25, 0.3) is 11.5 Å². The van der Waals surface area contributed by atoms with Crippen LogP contribution in [0.15, 0.2) is 46.1 Å². The second-order valence-electron chi connectivity index (χ2n) is 6.84. The van der Waals surface area contributed by atoms with E-state index in [-0.39, 0.29) is 23.0 Å². The molecule has 0 unspecified atom stereocenters. The summed E-state index contributed by atoms with van der Waals surface area (Å²) in [7, 11) is -2.68. The zero-order valence-corrected chi connectivity index (χ0v) is 19.0. The van der Waals surface area contributed by atoms with Gasteiger partial charge in [-0.25, -0.2) is 17.8 Å². The largest absolute Gasteiger partial charge is 0.501 e. The van der Waals surface area contributed by atoms with Gasteiger partial charge in [-0.2, -0.15) is 0 Å². The Labute approximate surface area is 192 Å². The number of aromatic nitrogens is 2. The lowest BCUT2D eigenvalue weighted by Crippen LogP contribution is -2.29. The number of nitrogens with one attached hydrogen (secondary N) is 1. The van der Waals surface area contributed by atoms with Gasteiger partial charge in [0.2, 0.25) is 5.75 Å². The van der Waals surface area contributed by atoms with Crippen molar-refractivity contribution in [1.29, 1.82) is 0 Å². The summed E-state index contributed by atoms with van der Waals surface area (Å²) in [5, 5.41) is 13.3. The van der Waals surface area contributed by atoms with Crippen molar-refractivity contribution < 1.29 is 22.7 Å². The van der Waals surface area contributed by atoms with Gasteiger partial charge < -0.3 is 10.4 Å². The minimum Gasteiger partial charge on any atom is -0.501 e. The fraction of sp³-hybridized carbons (Fsp3) is 0.150. The molecule has 0 atom stereocenters. The summed E-state index contributed by atoms with van der Waals surface area (Å²) in [6.07, 6.45) is 0.870. The molecular formula is C20H16Cl2FN3O5S. The van der Waals surface area contributed by atoms with Crippen LogP contribution in [0, 0.1) is 5.82 Å². The van der Waals surface area contributed by atoms with Crippen molar-refractivity contribution in [3.8, 4) is 17.1 Å². The summed E-state index contributed by atoms with van der Waals surface area (Å²) in [6.45, 7) is -0.0213. The molecule has 168 valence electrons. The van der Waals surface area contributed by atoms with E-state index in [1.807, 2.05) is 0 Å². The summed E-state index contributed by atoms with van der Waals surface area (Å²) < 4.78 is 38.8. The Morgan fingerprint density at radius 2 is 1.88 bits per heavy atom. The van der Waals surface area contributed by atoms with Gasteiger partial charge in [0.05, 0.1) is 14.9 Å². The monoisotopic (exact) mass is 499 g/mol. The number of aromatic hydroxyl groups is 1. The number of halogens is 3. The number of hydrogen-bond acceptors (Lipinski definition) is 6. The standard InChI is InChI=1S/C20H16Cl2FN3O5S/c1-26-18(12-5-4-11(23)8-15(12)32(2,30)31)25-16(17(27)20(26)29)19(28)24-9-10-3-6-13(21)14(22)7-10/h3-8,27H,9H2,1-2H3,(H,24,28). The van der Waals surface area contributed by atoms with Crippen molar-refractivity contribution in [2.75, 3.05) is 6.26 Å². The number of rotatable bonds is 5. The van der Waals surface area contributed by atoms with Crippen molar-refractivity contribution in [3.63, 3.8) is 0 Å². The Morgan fingerprint density at radius 1 is 1.19 bits per heavy atom. The molecule has 32 heavy (non-hydrogen) atoms. The molecule has 12 heteroatoms. The molecule has 0 spiro atoms. The summed E-state index contributed by atoms with van der Waals surface area (Å²) >= 11 is 11.8. The zero-order valence-electron chi connectivity index (χ0n) is 16.7. The number of nitrogens with zero attached hydrogens (tertiary/aromatic N) is 2. The Kier molecular flexibility index (Phi) is 6.59. The van der Waals surface area contributed by atoms with Gasteiger partial charge in [-0.15, -0.1) is 0 Å². The van der Waals surface area contributed by atoms with E-state index in [1.165, 1.54) is 13.1 Å². The lowest BCUT2D eigenvalue weighted by atomic mass is 10.2. The number of hydrogen-bond donors (Lipinski definition) is 2. The van der Waals surface area contributed by atoms with E-state index in [1.54, 1.807) is 12.1 Å². The van der Waals surface area contributed by atoms with Crippen LogP contribution in [0.4, 0.5) is 4.39 Å². The molecule has 2 aromatic carbocycles. The van der Waals surface area contributed by atoms with E-state index < -0.39 is 43.5 Å². The number of carbonyl (C=O) groups is 1. The molecule has 0 fully saturated rings. The molecule has 8 nitrogen and oxygen atoms in total. The first kappa shape index (κ1) is 23.7. The first-order valence-corrected chi connectivity index (χ1v) is 11.6. The van der Waals surface area contributed by atoms with Crippen molar-refractivity contribution in [2.45, 2.75) is 11.4 Å². The minimum atomic E-state index is -3.91. The van der Waals surface area contributed by atoms with Crippen LogP contribution in [-0.4, -0.2) is 35.2 Å². The maximum absolute atomic E-state index is 13.7. The Balaban J connectivity index is 2.06. The maximum Gasteiger partial charge on any atom is 0.296 e. The van der Waals surface area contributed by atoms with Gasteiger partial charge in [-0.1, -0.05) is 29.3 Å². The molecule has 0 radical (unpaired) electrons. The van der Waals surface area contributed by atoms with Crippen LogP contribution in [0.1, 0.15) is 16.1 Å². The van der Waals surface area contributed by atoms with Crippen molar-refractivity contribution >= 4 is 38.9 Å². The quantitative estimate of drug-likeness (QED) is 0.556. The average molecular weight is 500 g/mol. The fourth-order valence-electron chi connectivity index (χ4n) is 2.89. The molecular weight excluding hydrogens is 484 g/mol. The van der Waals surface area contributed by atoms with E-state index in [0.29, 0.717) is 10.6 Å². The number of amides is 1. The molecule has 0 aliphatic rings. The van der Waals surface area contributed by atoms with Gasteiger partial charge in [0.1, 0.15) is 11.6 Å². The van der Waals surface area contributed by atoms with E-state index in [9.17, 15) is 27.5 Å². The van der Waals surface area contributed by atoms with Gasteiger partial charge in [-0.3, -0.25) is 14.2 Å². The molecule has 1 amide bonds. The predicted octanol–water partition coefficient (Wildman–Crippen LogP) is 2.93. The highest BCUT2D eigenvalue weighted by Crippen LogP contribution is 2.27. The predicted molar refractivity (Wildman–Crippen MR) is 117 cm³/mol. The van der Waals surface area contributed by atoms with Crippen molar-refractivity contribution in [1.82, 2.24) is 14.9 Å². The van der Waals surface area contributed by atoms with Crippen molar-refractivity contribution in [3.05, 3.63) is 73.9 Å². The summed E-state index contributed by atoms with van der Waals surface area (Å²) in [6, 6.07) is 7.60. The van der Waals surface area contributed by atoms with E-state index in [4.69, 9.17) is 23.2 Å². The lowest BCUT2D eigenvalue weighted by molar-refractivity contribution is 0.0942. The van der Waals surface area contributed by atoms with Crippen LogP contribution in [0.5, 0.6) is 5.75 Å². The first-order chi connectivity index (χ1) is 14.9. The van der Waals surface area contributed by atoms with Crippen molar-refractivity contribution in [2.24, 2.45) is 7.05 Å². The minimum absolute atomic E-state index is 0.0213. The van der Waals surface area contributed by atoms with Crippen LogP contribution in [0.2, 0.25) is 10.0 Å². The van der Waals surface area contributed by atoms with Gasteiger partial charge in [0.15, 0.2) is 15.5 Å². The zero-order chi connectivity index (χ0) is 23.8. The molecule has 3 aromatic rings. The average Bonchev–Trinajstić information content (AvgIpc) is 2.72. The molecule has 0 saturated heterocycles. The van der Waals surface area contributed by atoms with E-state index in [0.717, 1.165) is 29.0 Å². The molecule has 0 aliphatic heterocycles. The van der Waals surface area contributed by atoms with Gasteiger partial charge in [-0.05, 0) is 35.9 Å².